The van der Waals surface area contributed by atoms with Crippen LogP contribution >= 0.6 is 34.4 Å². The van der Waals surface area contributed by atoms with Crippen molar-refractivity contribution >= 4 is 39.5 Å². The molecule has 0 saturated carbocycles. The van der Waals surface area contributed by atoms with Gasteiger partial charge < -0.3 is 5.32 Å². The Labute approximate surface area is 114 Å². The van der Waals surface area contributed by atoms with Gasteiger partial charge in [-0.05, 0) is 12.5 Å². The molecule has 0 amide bonds. The van der Waals surface area contributed by atoms with E-state index in [1.807, 2.05) is 17.8 Å². The lowest BCUT2D eigenvalue weighted by Gasteiger charge is -2.15. The zero-order valence-corrected chi connectivity index (χ0v) is 12.2. The molecule has 0 spiro atoms. The van der Waals surface area contributed by atoms with Gasteiger partial charge >= 0.3 is 0 Å². The summed E-state index contributed by atoms with van der Waals surface area (Å²) in [6, 6.07) is 10.8. The molecule has 0 saturated heterocycles. The first-order valence-corrected chi connectivity index (χ1v) is 7.78. The fourth-order valence-electron chi connectivity index (χ4n) is 1.59. The van der Waals surface area contributed by atoms with E-state index in [0.29, 0.717) is 11.3 Å². The van der Waals surface area contributed by atoms with E-state index in [-0.39, 0.29) is 0 Å². The number of nitrogens with zero attached hydrogens (tertiary/aromatic N) is 1. The van der Waals surface area contributed by atoms with Crippen LogP contribution in [0.15, 0.2) is 35.3 Å². The monoisotopic (exact) mass is 346 g/mol. The van der Waals surface area contributed by atoms with Gasteiger partial charge in [-0.1, -0.05) is 64.7 Å². The molecule has 2 rings (SSSR count). The molecule has 0 fully saturated rings. The second kappa shape index (κ2) is 5.91. The molecular weight excluding hydrogens is 331 g/mol. The van der Waals surface area contributed by atoms with Gasteiger partial charge in [0.25, 0.3) is 0 Å². The first-order valence-electron chi connectivity index (χ1n) is 5.38. The maximum atomic E-state index is 4.52. The summed E-state index contributed by atoms with van der Waals surface area (Å²) in [5.74, 6) is 0. The number of alkyl halides is 1. The predicted molar refractivity (Wildman–Crippen MR) is 80.6 cm³/mol. The van der Waals surface area contributed by atoms with Crippen LogP contribution in [-0.4, -0.2) is 21.4 Å². The van der Waals surface area contributed by atoms with Crippen LogP contribution in [0.4, 0.5) is 0 Å². The fraction of sp³-hybridized carbons (Fsp3) is 0.417. The van der Waals surface area contributed by atoms with E-state index >= 15 is 0 Å². The van der Waals surface area contributed by atoms with Crippen LogP contribution in [-0.2, 0) is 0 Å². The van der Waals surface area contributed by atoms with Crippen molar-refractivity contribution in [2.45, 2.75) is 18.2 Å². The number of nitrogens with one attached hydrogen (secondary N) is 1. The molecule has 0 radical (unpaired) electrons. The summed E-state index contributed by atoms with van der Waals surface area (Å²) in [5, 5.41) is 5.22. The van der Waals surface area contributed by atoms with Crippen LogP contribution < -0.4 is 5.32 Å². The third-order valence-electron chi connectivity index (χ3n) is 2.53. The normalized spacial score (nSPS) is 21.6. The number of aliphatic imine (C=N–C) groups is 1. The SMILES string of the molecule is C[C@@H](NC1=NC[C@@H](CI)S1)c1ccccc1. The average Bonchev–Trinajstić information content (AvgIpc) is 2.78. The molecule has 86 valence electrons. The molecule has 0 unspecified atom stereocenters. The summed E-state index contributed by atoms with van der Waals surface area (Å²) in [7, 11) is 0. The first kappa shape index (κ1) is 12.2. The Morgan fingerprint density at radius 2 is 2.25 bits per heavy atom. The number of hydrogen-bond acceptors (Lipinski definition) is 3. The van der Waals surface area contributed by atoms with Crippen LogP contribution in [0.5, 0.6) is 0 Å². The van der Waals surface area contributed by atoms with Gasteiger partial charge in [-0.3, -0.25) is 4.99 Å². The van der Waals surface area contributed by atoms with Crippen LogP contribution in [0.1, 0.15) is 18.5 Å². The van der Waals surface area contributed by atoms with E-state index in [9.17, 15) is 0 Å². The fourth-order valence-corrected chi connectivity index (χ4v) is 3.33. The van der Waals surface area contributed by atoms with E-state index in [2.05, 4.69) is 64.1 Å². The maximum Gasteiger partial charge on any atom is 0.157 e. The molecule has 2 atom stereocenters. The smallest absolute Gasteiger partial charge is 0.157 e. The third kappa shape index (κ3) is 3.13. The molecule has 0 aliphatic carbocycles. The number of rotatable bonds is 3. The van der Waals surface area contributed by atoms with Crippen molar-refractivity contribution in [3.63, 3.8) is 0 Å². The minimum atomic E-state index is 0.334. The summed E-state index contributed by atoms with van der Waals surface area (Å²) in [4.78, 5) is 4.52. The number of thioether (sulfide) groups is 1. The lowest BCUT2D eigenvalue weighted by atomic mass is 10.1. The van der Waals surface area contributed by atoms with Crippen molar-refractivity contribution in [3.05, 3.63) is 35.9 Å². The van der Waals surface area contributed by atoms with Gasteiger partial charge in [-0.25, -0.2) is 0 Å². The zero-order valence-electron chi connectivity index (χ0n) is 9.19. The highest BCUT2D eigenvalue weighted by molar-refractivity contribution is 14.1. The minimum absolute atomic E-state index is 0.334. The lowest BCUT2D eigenvalue weighted by Crippen LogP contribution is -2.23. The highest BCUT2D eigenvalue weighted by Crippen LogP contribution is 2.23. The Bertz CT molecular complexity index is 367. The summed E-state index contributed by atoms with van der Waals surface area (Å²) < 4.78 is 1.16. The van der Waals surface area contributed by atoms with Crippen molar-refractivity contribution in [1.82, 2.24) is 5.32 Å². The Kier molecular flexibility index (Phi) is 4.52. The van der Waals surface area contributed by atoms with Crippen molar-refractivity contribution in [2.75, 3.05) is 11.0 Å². The van der Waals surface area contributed by atoms with Crippen LogP contribution in [0.3, 0.4) is 0 Å². The van der Waals surface area contributed by atoms with Crippen molar-refractivity contribution in [3.8, 4) is 0 Å². The number of hydrogen-bond donors (Lipinski definition) is 1. The molecule has 16 heavy (non-hydrogen) atoms. The Hall–Kier alpha value is -0.230. The van der Waals surface area contributed by atoms with Crippen molar-refractivity contribution in [1.29, 1.82) is 0 Å². The van der Waals surface area contributed by atoms with Crippen LogP contribution in [0.25, 0.3) is 0 Å². The van der Waals surface area contributed by atoms with E-state index in [4.69, 9.17) is 0 Å². The topological polar surface area (TPSA) is 24.4 Å². The molecule has 1 heterocycles. The lowest BCUT2D eigenvalue weighted by molar-refractivity contribution is 0.723. The van der Waals surface area contributed by atoms with Crippen molar-refractivity contribution in [2.24, 2.45) is 4.99 Å². The summed E-state index contributed by atoms with van der Waals surface area (Å²) in [5.41, 5.74) is 1.31. The molecule has 4 heteroatoms. The standard InChI is InChI=1S/C12H15IN2S/c1-9(10-5-3-2-4-6-10)15-12-14-8-11(7-13)16-12/h2-6,9,11H,7-8H2,1H3,(H,14,15)/t9-,11-/m1/s1. The summed E-state index contributed by atoms with van der Waals surface area (Å²) in [6.45, 7) is 3.13. The second-order valence-electron chi connectivity index (χ2n) is 3.82. The number of halogens is 1. The Morgan fingerprint density at radius 3 is 2.88 bits per heavy atom. The molecule has 1 aromatic carbocycles. The zero-order chi connectivity index (χ0) is 11.4. The molecule has 0 aromatic heterocycles. The van der Waals surface area contributed by atoms with Gasteiger partial charge in [0.15, 0.2) is 5.17 Å². The van der Waals surface area contributed by atoms with E-state index in [0.717, 1.165) is 16.1 Å². The van der Waals surface area contributed by atoms with Gasteiger partial charge in [0, 0.05) is 9.68 Å². The van der Waals surface area contributed by atoms with Crippen LogP contribution in [0.2, 0.25) is 0 Å². The quantitative estimate of drug-likeness (QED) is 0.671. The highest BCUT2D eigenvalue weighted by atomic mass is 127. The molecule has 1 aliphatic heterocycles. The van der Waals surface area contributed by atoms with Gasteiger partial charge in [-0.2, -0.15) is 0 Å². The van der Waals surface area contributed by atoms with Crippen LogP contribution in [0, 0.1) is 0 Å². The number of amidine groups is 1. The molecule has 1 aliphatic rings. The first-order chi connectivity index (χ1) is 7.79. The minimum Gasteiger partial charge on any atom is -0.358 e. The largest absolute Gasteiger partial charge is 0.358 e. The van der Waals surface area contributed by atoms with E-state index in [1.54, 1.807) is 0 Å². The predicted octanol–water partition coefficient (Wildman–Crippen LogP) is 3.24. The van der Waals surface area contributed by atoms with Gasteiger partial charge in [-0.15, -0.1) is 0 Å². The Balaban J connectivity index is 1.91. The molecule has 0 bridgehead atoms. The van der Waals surface area contributed by atoms with Gasteiger partial charge in [0.05, 0.1) is 12.6 Å². The molecule has 1 N–H and O–H groups in total. The molecular formula is C12H15IN2S. The summed E-state index contributed by atoms with van der Waals surface area (Å²) >= 11 is 4.29. The van der Waals surface area contributed by atoms with Gasteiger partial charge in [0.1, 0.15) is 0 Å². The Morgan fingerprint density at radius 1 is 1.50 bits per heavy atom. The van der Waals surface area contributed by atoms with Gasteiger partial charge in [0.2, 0.25) is 0 Å². The second-order valence-corrected chi connectivity index (χ2v) is 5.99. The average molecular weight is 346 g/mol. The maximum absolute atomic E-state index is 4.52. The van der Waals surface area contributed by atoms with E-state index < -0.39 is 0 Å². The third-order valence-corrected chi connectivity index (χ3v) is 5.31. The van der Waals surface area contributed by atoms with E-state index in [1.165, 1.54) is 5.56 Å². The molecule has 1 aromatic rings. The van der Waals surface area contributed by atoms with Crippen molar-refractivity contribution < 1.29 is 0 Å². The molecule has 2 nitrogen and oxygen atoms in total. The number of benzene rings is 1. The summed E-state index contributed by atoms with van der Waals surface area (Å²) in [6.07, 6.45) is 0. The highest BCUT2D eigenvalue weighted by Gasteiger charge is 2.19.